The van der Waals surface area contributed by atoms with Crippen LogP contribution < -0.4 is 4.74 Å². The van der Waals surface area contributed by atoms with Crippen LogP contribution in [-0.4, -0.2) is 58.0 Å². The van der Waals surface area contributed by atoms with E-state index in [0.29, 0.717) is 18.4 Å². The Kier molecular flexibility index (Phi) is 18.5. The number of methoxy groups -OCH3 is 2. The molecule has 0 saturated carbocycles. The monoisotopic (exact) mass is 648 g/mol. The van der Waals surface area contributed by atoms with E-state index in [1.807, 2.05) is 19.1 Å². The van der Waals surface area contributed by atoms with Crippen LogP contribution in [0.5, 0.6) is 5.75 Å². The van der Waals surface area contributed by atoms with Crippen molar-refractivity contribution in [2.75, 3.05) is 27.6 Å². The molecule has 0 aliphatic heterocycles. The lowest BCUT2D eigenvalue weighted by molar-refractivity contribution is -0.107. The summed E-state index contributed by atoms with van der Waals surface area (Å²) < 4.78 is 23.3. The summed E-state index contributed by atoms with van der Waals surface area (Å²) in [6.45, 7) is 25.0. The maximum absolute atomic E-state index is 11.4. The highest BCUT2D eigenvalue weighted by molar-refractivity contribution is 6.72. The van der Waals surface area contributed by atoms with Gasteiger partial charge >= 0.3 is 0 Å². The summed E-state index contributed by atoms with van der Waals surface area (Å²) in [5, 5.41) is 9.69. The molecule has 0 aliphatic rings. The Morgan fingerprint density at radius 2 is 1.56 bits per heavy atom. The predicted molar refractivity (Wildman–Crippen MR) is 191 cm³/mol. The number of aliphatic hydroxyl groups excluding tert-OH is 1. The SMILES string of the molecule is CC/C=C\C(C)[C@H](OCc1ccc(OC)cc1)[C@@H](C)[C@H](CC(C)(C)[Si](C)(C)O)[C@@H](C)C/C(C)=C\[C@H](C)[C@@H](OCOC)C(C)CO. The molecule has 0 spiro atoms. The fraction of sp³-hybridized carbons (Fsp3) is 0.737. The molecular weight excluding hydrogens is 580 g/mol. The number of aliphatic hydroxyl groups is 1. The zero-order valence-corrected chi connectivity index (χ0v) is 31.9. The van der Waals surface area contributed by atoms with Crippen molar-refractivity contribution >= 4 is 8.32 Å². The number of hydrogen-bond donors (Lipinski definition) is 2. The molecule has 0 aliphatic carbocycles. The highest BCUT2D eigenvalue weighted by Gasteiger charge is 2.43. The van der Waals surface area contributed by atoms with Crippen molar-refractivity contribution in [3.63, 3.8) is 0 Å². The third-order valence-corrected chi connectivity index (χ3v) is 13.6. The fourth-order valence-corrected chi connectivity index (χ4v) is 7.24. The van der Waals surface area contributed by atoms with E-state index in [0.717, 1.165) is 30.6 Å². The molecule has 0 bridgehead atoms. The smallest absolute Gasteiger partial charge is 0.188 e. The van der Waals surface area contributed by atoms with Gasteiger partial charge in [-0.1, -0.05) is 91.3 Å². The quantitative estimate of drug-likeness (QED) is 0.0742. The first-order chi connectivity index (χ1) is 21.0. The molecule has 2 unspecified atom stereocenters. The van der Waals surface area contributed by atoms with Gasteiger partial charge in [-0.3, -0.25) is 0 Å². The molecule has 45 heavy (non-hydrogen) atoms. The summed E-state index contributed by atoms with van der Waals surface area (Å²) >= 11 is 0. The van der Waals surface area contributed by atoms with Crippen LogP contribution in [0, 0.1) is 35.5 Å². The second-order valence-electron chi connectivity index (χ2n) is 14.7. The first-order valence-corrected chi connectivity index (χ1v) is 20.0. The maximum Gasteiger partial charge on any atom is 0.188 e. The van der Waals surface area contributed by atoms with Gasteiger partial charge in [-0.2, -0.15) is 0 Å². The Morgan fingerprint density at radius 1 is 0.933 bits per heavy atom. The molecule has 1 aromatic carbocycles. The van der Waals surface area contributed by atoms with E-state index in [2.05, 4.69) is 98.8 Å². The van der Waals surface area contributed by atoms with Crippen molar-refractivity contribution in [3.8, 4) is 5.75 Å². The van der Waals surface area contributed by atoms with E-state index < -0.39 is 8.32 Å². The zero-order chi connectivity index (χ0) is 34.4. The highest BCUT2D eigenvalue weighted by atomic mass is 28.4. The Morgan fingerprint density at radius 3 is 2.07 bits per heavy atom. The van der Waals surface area contributed by atoms with Crippen LogP contribution in [0.15, 0.2) is 48.1 Å². The van der Waals surface area contributed by atoms with E-state index in [1.165, 1.54) is 5.57 Å². The number of ether oxygens (including phenoxy) is 4. The van der Waals surface area contributed by atoms with Gasteiger partial charge in [-0.15, -0.1) is 0 Å². The molecule has 8 atom stereocenters. The third kappa shape index (κ3) is 13.6. The number of rotatable bonds is 22. The zero-order valence-electron chi connectivity index (χ0n) is 30.9. The molecule has 6 nitrogen and oxygen atoms in total. The summed E-state index contributed by atoms with van der Waals surface area (Å²) in [5.41, 5.74) is 2.44. The molecule has 0 saturated heterocycles. The minimum Gasteiger partial charge on any atom is -0.497 e. The number of benzene rings is 1. The van der Waals surface area contributed by atoms with Crippen molar-refractivity contribution in [1.82, 2.24) is 0 Å². The highest BCUT2D eigenvalue weighted by Crippen LogP contribution is 2.47. The molecule has 7 heteroatoms. The van der Waals surface area contributed by atoms with Crippen molar-refractivity contribution in [3.05, 3.63) is 53.6 Å². The molecule has 0 amide bonds. The van der Waals surface area contributed by atoms with E-state index in [9.17, 15) is 9.90 Å². The average Bonchev–Trinajstić information content (AvgIpc) is 2.98. The normalized spacial score (nSPS) is 18.7. The summed E-state index contributed by atoms with van der Waals surface area (Å²) in [7, 11) is 0.864. The summed E-state index contributed by atoms with van der Waals surface area (Å²) in [5.74, 6) is 2.16. The largest absolute Gasteiger partial charge is 0.497 e. The summed E-state index contributed by atoms with van der Waals surface area (Å²) in [4.78, 5) is 11.4. The van der Waals surface area contributed by atoms with Crippen LogP contribution in [0.4, 0.5) is 0 Å². The summed E-state index contributed by atoms with van der Waals surface area (Å²) in [6, 6.07) is 8.13. The molecule has 0 heterocycles. The Hall–Kier alpha value is -1.48. The van der Waals surface area contributed by atoms with Crippen molar-refractivity contribution in [2.24, 2.45) is 35.5 Å². The molecule has 1 rings (SSSR count). The second kappa shape index (κ2) is 20.0. The number of hydrogen-bond acceptors (Lipinski definition) is 6. The van der Waals surface area contributed by atoms with E-state index >= 15 is 0 Å². The third-order valence-electron chi connectivity index (χ3n) is 10.1. The van der Waals surface area contributed by atoms with E-state index in [4.69, 9.17) is 18.9 Å². The first-order valence-electron chi connectivity index (χ1n) is 17.0. The van der Waals surface area contributed by atoms with E-state index in [-0.39, 0.29) is 54.3 Å². The maximum atomic E-state index is 11.4. The van der Waals surface area contributed by atoms with E-state index in [1.54, 1.807) is 14.2 Å². The minimum atomic E-state index is -2.45. The van der Waals surface area contributed by atoms with Crippen molar-refractivity contribution < 1.29 is 28.8 Å². The topological polar surface area (TPSA) is 77.4 Å². The standard InChI is InChI=1S/C38H68O6Si/c1-14-15-16-28(3)37(43-25-33-17-19-34(42-11)20-18-33)32(7)35(23-38(8,9)45(12,13)40)29(4)21-27(2)22-30(5)36(31(6)24-39)44-26-41-10/h15-20,22,28-32,35-37,39-40H,14,21,23-26H2,1-13H3/b16-15-,27-22-/t28?,29-,30-,31?,32-,35+,36+,37-/m0/s1. The van der Waals surface area contributed by atoms with Crippen LogP contribution >= 0.6 is 0 Å². The van der Waals surface area contributed by atoms with Gasteiger partial charge in [0.2, 0.25) is 0 Å². The van der Waals surface area contributed by atoms with Crippen LogP contribution in [-0.2, 0) is 20.8 Å². The van der Waals surface area contributed by atoms with Crippen LogP contribution in [0.2, 0.25) is 18.1 Å². The van der Waals surface area contributed by atoms with Crippen LogP contribution in [0.1, 0.15) is 87.1 Å². The van der Waals surface area contributed by atoms with Crippen molar-refractivity contribution in [1.29, 1.82) is 0 Å². The molecule has 0 radical (unpaired) electrons. The lowest BCUT2D eigenvalue weighted by Gasteiger charge is -2.44. The molecule has 2 N–H and O–H groups in total. The molecule has 260 valence electrons. The second-order valence-corrected chi connectivity index (χ2v) is 19.2. The molecule has 1 aromatic rings. The molecule has 0 aromatic heterocycles. The van der Waals surface area contributed by atoms with Gasteiger partial charge < -0.3 is 28.8 Å². The van der Waals surface area contributed by atoms with Gasteiger partial charge in [0.25, 0.3) is 0 Å². The predicted octanol–water partition coefficient (Wildman–Crippen LogP) is 9.03. The van der Waals surface area contributed by atoms with Gasteiger partial charge in [-0.25, -0.2) is 0 Å². The Labute approximate surface area is 277 Å². The lowest BCUT2D eigenvalue weighted by Crippen LogP contribution is -2.44. The van der Waals surface area contributed by atoms with Crippen molar-refractivity contribution in [2.45, 2.75) is 119 Å². The van der Waals surface area contributed by atoms with Gasteiger partial charge in [0.1, 0.15) is 12.5 Å². The Bertz CT molecular complexity index is 998. The molecular formula is C38H68O6Si. The first kappa shape index (κ1) is 41.5. The minimum absolute atomic E-state index is 0.00297. The number of allylic oxidation sites excluding steroid dienone is 2. The fourth-order valence-electron chi connectivity index (χ4n) is 6.50. The average molecular weight is 649 g/mol. The van der Waals surface area contributed by atoms with Gasteiger partial charge in [0.05, 0.1) is 25.9 Å². The van der Waals surface area contributed by atoms with Gasteiger partial charge in [-0.05, 0) is 79.8 Å². The Balaban J connectivity index is 3.41. The lowest BCUT2D eigenvalue weighted by atomic mass is 9.71. The van der Waals surface area contributed by atoms with Gasteiger partial charge in [0.15, 0.2) is 8.32 Å². The summed E-state index contributed by atoms with van der Waals surface area (Å²) in [6.07, 6.45) is 9.62. The van der Waals surface area contributed by atoms with Crippen LogP contribution in [0.25, 0.3) is 0 Å². The van der Waals surface area contributed by atoms with Crippen LogP contribution in [0.3, 0.4) is 0 Å². The van der Waals surface area contributed by atoms with Gasteiger partial charge in [0, 0.05) is 31.5 Å². The molecule has 0 fully saturated rings.